The van der Waals surface area contributed by atoms with Gasteiger partial charge in [0.2, 0.25) is 5.78 Å². The van der Waals surface area contributed by atoms with Crippen molar-refractivity contribution in [2.75, 3.05) is 6.54 Å². The SMILES string of the molecule is Cc1cc(COc2ccc(C(=O)C3=CCN3O)cc2)c2ccccc2n1. The van der Waals surface area contributed by atoms with Gasteiger partial charge in [-0.1, -0.05) is 18.2 Å². The first-order valence-electron chi connectivity index (χ1n) is 8.41. The van der Waals surface area contributed by atoms with E-state index >= 15 is 0 Å². The first-order valence-corrected chi connectivity index (χ1v) is 8.41. The van der Waals surface area contributed by atoms with Crippen LogP contribution in [0, 0.1) is 6.92 Å². The molecule has 4 rings (SSSR count). The molecule has 0 saturated carbocycles. The van der Waals surface area contributed by atoms with Crippen molar-refractivity contribution >= 4 is 16.7 Å². The second kappa shape index (κ2) is 6.61. The first-order chi connectivity index (χ1) is 12.6. The van der Waals surface area contributed by atoms with Crippen molar-refractivity contribution in [1.29, 1.82) is 0 Å². The molecule has 3 aromatic rings. The molecule has 1 N–H and O–H groups in total. The van der Waals surface area contributed by atoms with E-state index in [9.17, 15) is 10.0 Å². The van der Waals surface area contributed by atoms with Crippen LogP contribution in [0.25, 0.3) is 10.9 Å². The zero-order valence-electron chi connectivity index (χ0n) is 14.3. The van der Waals surface area contributed by atoms with Crippen LogP contribution in [0.3, 0.4) is 0 Å². The van der Waals surface area contributed by atoms with Gasteiger partial charge in [-0.3, -0.25) is 15.0 Å². The van der Waals surface area contributed by atoms with Gasteiger partial charge in [-0.15, -0.1) is 0 Å². The molecule has 0 atom stereocenters. The van der Waals surface area contributed by atoms with Crippen LogP contribution in [-0.4, -0.2) is 27.6 Å². The summed E-state index contributed by atoms with van der Waals surface area (Å²) in [4.78, 5) is 16.7. The summed E-state index contributed by atoms with van der Waals surface area (Å²) >= 11 is 0. The number of pyridine rings is 1. The molecule has 0 aliphatic carbocycles. The first kappa shape index (κ1) is 16.3. The van der Waals surface area contributed by atoms with Crippen molar-refractivity contribution in [3.8, 4) is 5.75 Å². The number of fused-ring (bicyclic) bond motifs is 1. The minimum atomic E-state index is -0.193. The van der Waals surface area contributed by atoms with E-state index < -0.39 is 0 Å². The van der Waals surface area contributed by atoms with Gasteiger partial charge in [0.1, 0.15) is 18.1 Å². The number of benzene rings is 2. The number of para-hydroxylation sites is 1. The Morgan fingerprint density at radius 2 is 1.96 bits per heavy atom. The smallest absolute Gasteiger partial charge is 0.211 e. The van der Waals surface area contributed by atoms with E-state index in [0.29, 0.717) is 30.2 Å². The minimum absolute atomic E-state index is 0.193. The average molecular weight is 346 g/mol. The Hall–Kier alpha value is -3.18. The predicted molar refractivity (Wildman–Crippen MR) is 98.2 cm³/mol. The van der Waals surface area contributed by atoms with E-state index in [1.165, 1.54) is 0 Å². The number of aryl methyl sites for hydroxylation is 1. The maximum absolute atomic E-state index is 12.2. The molecule has 26 heavy (non-hydrogen) atoms. The molecule has 2 heterocycles. The molecule has 1 aliphatic heterocycles. The molecule has 5 heteroatoms. The maximum Gasteiger partial charge on any atom is 0.211 e. The minimum Gasteiger partial charge on any atom is -0.489 e. The van der Waals surface area contributed by atoms with E-state index in [4.69, 9.17) is 4.74 Å². The average Bonchev–Trinajstić information content (AvgIpc) is 2.65. The number of allylic oxidation sites excluding steroid dienone is 1. The Balaban J connectivity index is 1.50. The lowest BCUT2D eigenvalue weighted by Crippen LogP contribution is -2.32. The third-order valence-corrected chi connectivity index (χ3v) is 4.41. The highest BCUT2D eigenvalue weighted by atomic mass is 16.5. The summed E-state index contributed by atoms with van der Waals surface area (Å²) in [6.07, 6.45) is 1.70. The van der Waals surface area contributed by atoms with E-state index in [1.807, 2.05) is 37.3 Å². The van der Waals surface area contributed by atoms with Crippen molar-refractivity contribution in [1.82, 2.24) is 10.0 Å². The third-order valence-electron chi connectivity index (χ3n) is 4.41. The zero-order chi connectivity index (χ0) is 18.1. The molecular formula is C21H18N2O3. The predicted octanol–water partition coefficient (Wildman–Crippen LogP) is 3.89. The van der Waals surface area contributed by atoms with E-state index in [0.717, 1.165) is 27.2 Å². The fourth-order valence-corrected chi connectivity index (χ4v) is 3.00. The molecule has 130 valence electrons. The number of carbonyl (C=O) groups excluding carboxylic acids is 1. The van der Waals surface area contributed by atoms with E-state index in [2.05, 4.69) is 4.98 Å². The lowest BCUT2D eigenvalue weighted by molar-refractivity contribution is -0.0608. The number of Topliss-reactive ketones (excluding diaryl/α,β-unsaturated/α-hetero) is 1. The van der Waals surface area contributed by atoms with Crippen LogP contribution in [0.5, 0.6) is 5.75 Å². The Bertz CT molecular complexity index is 1010. The second-order valence-corrected chi connectivity index (χ2v) is 6.25. The molecule has 0 saturated heterocycles. The number of hydrogen-bond acceptors (Lipinski definition) is 5. The summed E-state index contributed by atoms with van der Waals surface area (Å²) in [7, 11) is 0. The summed E-state index contributed by atoms with van der Waals surface area (Å²) in [5.74, 6) is 0.490. The number of hydrogen-bond donors (Lipinski definition) is 1. The van der Waals surface area contributed by atoms with Gasteiger partial charge in [-0.05, 0) is 49.4 Å². The van der Waals surface area contributed by atoms with Crippen molar-refractivity contribution < 1.29 is 14.7 Å². The summed E-state index contributed by atoms with van der Waals surface area (Å²) < 4.78 is 5.90. The molecule has 5 nitrogen and oxygen atoms in total. The van der Waals surface area contributed by atoms with Crippen LogP contribution in [0.1, 0.15) is 21.6 Å². The number of hydroxylamine groups is 2. The molecule has 0 unspecified atom stereocenters. The van der Waals surface area contributed by atoms with Crippen LogP contribution >= 0.6 is 0 Å². The fourth-order valence-electron chi connectivity index (χ4n) is 3.00. The van der Waals surface area contributed by atoms with Crippen molar-refractivity contribution in [3.63, 3.8) is 0 Å². The molecule has 1 aliphatic rings. The van der Waals surface area contributed by atoms with Gasteiger partial charge in [-0.2, -0.15) is 0 Å². The number of rotatable bonds is 5. The molecule has 0 bridgehead atoms. The third kappa shape index (κ3) is 3.05. The van der Waals surface area contributed by atoms with Crippen LogP contribution in [0.15, 0.2) is 66.4 Å². The molecule has 0 radical (unpaired) electrons. The van der Waals surface area contributed by atoms with Crippen LogP contribution in [0.4, 0.5) is 0 Å². The fraction of sp³-hybridized carbons (Fsp3) is 0.143. The standard InChI is InChI=1S/C21H18N2O3/c1-14-12-16(18-4-2-3-5-19(18)22-14)13-26-17-8-6-15(7-9-17)21(24)20-10-11-23(20)25/h2-10,12,25H,11,13H2,1H3. The molecular weight excluding hydrogens is 328 g/mol. The van der Waals surface area contributed by atoms with Crippen LogP contribution in [0.2, 0.25) is 0 Å². The van der Waals surface area contributed by atoms with Gasteiger partial charge < -0.3 is 4.74 Å². The number of aromatic nitrogens is 1. The summed E-state index contributed by atoms with van der Waals surface area (Å²) in [6, 6.07) is 17.0. The van der Waals surface area contributed by atoms with Gasteiger partial charge in [-0.25, -0.2) is 5.06 Å². The summed E-state index contributed by atoms with van der Waals surface area (Å²) in [5.41, 5.74) is 3.81. The molecule has 2 aromatic carbocycles. The Kier molecular flexibility index (Phi) is 4.14. The van der Waals surface area contributed by atoms with Gasteiger partial charge in [0, 0.05) is 22.2 Å². The van der Waals surface area contributed by atoms with Crippen molar-refractivity contribution in [2.45, 2.75) is 13.5 Å². The van der Waals surface area contributed by atoms with E-state index in [-0.39, 0.29) is 5.78 Å². The maximum atomic E-state index is 12.2. The summed E-state index contributed by atoms with van der Waals surface area (Å²) in [6.45, 7) is 2.78. The zero-order valence-corrected chi connectivity index (χ0v) is 14.3. The monoisotopic (exact) mass is 346 g/mol. The van der Waals surface area contributed by atoms with Crippen molar-refractivity contribution in [2.24, 2.45) is 0 Å². The van der Waals surface area contributed by atoms with Gasteiger partial charge in [0.05, 0.1) is 12.1 Å². The Labute approximate surface area is 151 Å². The second-order valence-electron chi connectivity index (χ2n) is 6.25. The quantitative estimate of drug-likeness (QED) is 0.710. The number of carbonyl (C=O) groups is 1. The van der Waals surface area contributed by atoms with Crippen LogP contribution < -0.4 is 4.74 Å². The van der Waals surface area contributed by atoms with Gasteiger partial charge in [0.15, 0.2) is 0 Å². The normalized spacial score (nSPS) is 13.3. The molecule has 0 amide bonds. The lowest BCUT2D eigenvalue weighted by atomic mass is 10.0. The van der Waals surface area contributed by atoms with E-state index in [1.54, 1.807) is 30.3 Å². The Morgan fingerprint density at radius 3 is 2.65 bits per heavy atom. The summed E-state index contributed by atoms with van der Waals surface area (Å²) in [5, 5.41) is 11.4. The number of ether oxygens (including phenoxy) is 1. The van der Waals surface area contributed by atoms with Gasteiger partial charge in [0.25, 0.3) is 0 Å². The molecule has 1 aromatic heterocycles. The largest absolute Gasteiger partial charge is 0.489 e. The van der Waals surface area contributed by atoms with Crippen LogP contribution in [-0.2, 0) is 6.61 Å². The lowest BCUT2D eigenvalue weighted by Gasteiger charge is -2.25. The number of nitrogens with zero attached hydrogens (tertiary/aromatic N) is 2. The van der Waals surface area contributed by atoms with Crippen molar-refractivity contribution in [3.05, 3.63) is 83.2 Å². The molecule has 0 spiro atoms. The number of ketones is 1. The molecule has 0 fully saturated rings. The highest BCUT2D eigenvalue weighted by Crippen LogP contribution is 2.22. The Morgan fingerprint density at radius 1 is 1.19 bits per heavy atom. The van der Waals surface area contributed by atoms with Gasteiger partial charge >= 0.3 is 0 Å². The highest BCUT2D eigenvalue weighted by molar-refractivity contribution is 6.08. The highest BCUT2D eigenvalue weighted by Gasteiger charge is 2.23. The topological polar surface area (TPSA) is 62.7 Å².